The first kappa shape index (κ1) is 16.6. The standard InChI is InChI=1S/C18H25N5O/c1-3-10-22-11-8-15(9-12-22)20-21-18(24)13-23-14(2)19-16-6-4-5-7-17(16)23/h4-7H,3,8-13H2,1-2H3,(H,21,24). The molecule has 0 spiro atoms. The number of hydrogen-bond donors (Lipinski definition) is 1. The largest absolute Gasteiger partial charge is 0.319 e. The van der Waals surface area contributed by atoms with Gasteiger partial charge >= 0.3 is 0 Å². The van der Waals surface area contributed by atoms with Crippen molar-refractivity contribution in [1.29, 1.82) is 0 Å². The Hall–Kier alpha value is -2.21. The van der Waals surface area contributed by atoms with Crippen LogP contribution in [0, 0.1) is 6.92 Å². The summed E-state index contributed by atoms with van der Waals surface area (Å²) in [6.45, 7) is 7.58. The molecule has 1 aliphatic heterocycles. The lowest BCUT2D eigenvalue weighted by atomic mass is 10.1. The van der Waals surface area contributed by atoms with E-state index >= 15 is 0 Å². The summed E-state index contributed by atoms with van der Waals surface area (Å²) in [5, 5.41) is 4.32. The monoisotopic (exact) mass is 327 g/mol. The molecule has 3 rings (SSSR count). The van der Waals surface area contributed by atoms with Gasteiger partial charge in [-0.15, -0.1) is 0 Å². The van der Waals surface area contributed by atoms with Crippen molar-refractivity contribution in [3.63, 3.8) is 0 Å². The minimum Gasteiger partial charge on any atom is -0.319 e. The van der Waals surface area contributed by atoms with E-state index in [0.717, 1.165) is 55.0 Å². The van der Waals surface area contributed by atoms with Gasteiger partial charge in [-0.25, -0.2) is 10.4 Å². The normalized spacial score (nSPS) is 15.7. The molecule has 0 aliphatic carbocycles. The van der Waals surface area contributed by atoms with Crippen LogP contribution >= 0.6 is 0 Å². The Morgan fingerprint density at radius 3 is 2.79 bits per heavy atom. The van der Waals surface area contributed by atoms with E-state index in [9.17, 15) is 4.79 Å². The van der Waals surface area contributed by atoms with Crippen molar-refractivity contribution in [1.82, 2.24) is 19.9 Å². The number of carbonyl (C=O) groups is 1. The molecular weight excluding hydrogens is 302 g/mol. The molecule has 0 radical (unpaired) electrons. The number of fused-ring (bicyclic) bond motifs is 1. The van der Waals surface area contributed by atoms with E-state index in [-0.39, 0.29) is 12.5 Å². The molecule has 1 aromatic carbocycles. The van der Waals surface area contributed by atoms with Crippen molar-refractivity contribution in [2.45, 2.75) is 39.7 Å². The van der Waals surface area contributed by atoms with Gasteiger partial charge in [-0.2, -0.15) is 5.10 Å². The van der Waals surface area contributed by atoms with Crippen molar-refractivity contribution in [3.8, 4) is 0 Å². The fourth-order valence-corrected chi connectivity index (χ4v) is 3.18. The molecule has 128 valence electrons. The molecule has 0 saturated carbocycles. The number of aryl methyl sites for hydroxylation is 1. The molecule has 1 aromatic heterocycles. The van der Waals surface area contributed by atoms with E-state index < -0.39 is 0 Å². The van der Waals surface area contributed by atoms with E-state index in [1.165, 1.54) is 6.42 Å². The lowest BCUT2D eigenvalue weighted by molar-refractivity contribution is -0.121. The lowest BCUT2D eigenvalue weighted by Gasteiger charge is -2.26. The van der Waals surface area contributed by atoms with Crippen molar-refractivity contribution in [3.05, 3.63) is 30.1 Å². The van der Waals surface area contributed by atoms with Gasteiger partial charge in [-0.05, 0) is 32.0 Å². The third-order valence-corrected chi connectivity index (χ3v) is 4.46. The third kappa shape index (κ3) is 3.82. The van der Waals surface area contributed by atoms with Gasteiger partial charge < -0.3 is 9.47 Å². The van der Waals surface area contributed by atoms with Gasteiger partial charge in [0.15, 0.2) is 0 Å². The molecular formula is C18H25N5O. The number of hydrazone groups is 1. The highest BCUT2D eigenvalue weighted by Crippen LogP contribution is 2.15. The highest BCUT2D eigenvalue weighted by molar-refractivity contribution is 5.87. The van der Waals surface area contributed by atoms with Crippen LogP contribution in [0.4, 0.5) is 0 Å². The number of amides is 1. The minimum atomic E-state index is -0.107. The van der Waals surface area contributed by atoms with E-state index in [0.29, 0.717) is 0 Å². The zero-order chi connectivity index (χ0) is 16.9. The Bertz CT molecular complexity index is 739. The maximum atomic E-state index is 12.2. The second kappa shape index (κ2) is 7.57. The second-order valence-corrected chi connectivity index (χ2v) is 6.29. The highest BCUT2D eigenvalue weighted by atomic mass is 16.2. The predicted octanol–water partition coefficient (Wildman–Crippen LogP) is 2.32. The van der Waals surface area contributed by atoms with Crippen LogP contribution in [0.1, 0.15) is 32.0 Å². The first-order chi connectivity index (χ1) is 11.7. The van der Waals surface area contributed by atoms with Crippen LogP contribution in [0.25, 0.3) is 11.0 Å². The number of likely N-dealkylation sites (tertiary alicyclic amines) is 1. The molecule has 0 bridgehead atoms. The Kier molecular flexibility index (Phi) is 5.25. The van der Waals surface area contributed by atoms with Gasteiger partial charge in [-0.3, -0.25) is 4.79 Å². The Labute approximate surface area is 142 Å². The van der Waals surface area contributed by atoms with Gasteiger partial charge in [0.1, 0.15) is 12.4 Å². The van der Waals surface area contributed by atoms with Crippen molar-refractivity contribution < 1.29 is 4.79 Å². The number of piperidine rings is 1. The van der Waals surface area contributed by atoms with E-state index in [1.807, 2.05) is 35.8 Å². The van der Waals surface area contributed by atoms with E-state index in [2.05, 4.69) is 27.3 Å². The van der Waals surface area contributed by atoms with Crippen molar-refractivity contribution in [2.75, 3.05) is 19.6 Å². The summed E-state index contributed by atoms with van der Waals surface area (Å²) in [6, 6.07) is 7.86. The SMILES string of the molecule is CCCN1CCC(=NNC(=O)Cn2c(C)nc3ccccc32)CC1. The van der Waals surface area contributed by atoms with Crippen LogP contribution in [-0.4, -0.2) is 45.7 Å². The number of nitrogens with one attached hydrogen (secondary N) is 1. The topological polar surface area (TPSA) is 62.5 Å². The summed E-state index contributed by atoms with van der Waals surface area (Å²) in [7, 11) is 0. The molecule has 2 heterocycles. The minimum absolute atomic E-state index is 0.107. The molecule has 1 N–H and O–H groups in total. The van der Waals surface area contributed by atoms with Crippen LogP contribution in [0.3, 0.4) is 0 Å². The number of imidazole rings is 1. The zero-order valence-electron chi connectivity index (χ0n) is 14.5. The lowest BCUT2D eigenvalue weighted by Crippen LogP contribution is -2.35. The number of rotatable bonds is 5. The molecule has 0 unspecified atom stereocenters. The smallest absolute Gasteiger partial charge is 0.260 e. The summed E-state index contributed by atoms with van der Waals surface area (Å²) in [5.41, 5.74) is 5.69. The summed E-state index contributed by atoms with van der Waals surface area (Å²) in [4.78, 5) is 19.2. The maximum absolute atomic E-state index is 12.2. The molecule has 1 saturated heterocycles. The van der Waals surface area contributed by atoms with Gasteiger partial charge in [0.2, 0.25) is 0 Å². The number of para-hydroxylation sites is 2. The summed E-state index contributed by atoms with van der Waals surface area (Å²) < 4.78 is 1.93. The summed E-state index contributed by atoms with van der Waals surface area (Å²) >= 11 is 0. The van der Waals surface area contributed by atoms with Gasteiger partial charge in [0.25, 0.3) is 5.91 Å². The fraction of sp³-hybridized carbons (Fsp3) is 0.500. The van der Waals surface area contributed by atoms with Crippen LogP contribution in [0.2, 0.25) is 0 Å². The molecule has 2 aromatic rings. The Morgan fingerprint density at radius 1 is 1.29 bits per heavy atom. The summed E-state index contributed by atoms with van der Waals surface area (Å²) in [5.74, 6) is 0.733. The maximum Gasteiger partial charge on any atom is 0.260 e. The van der Waals surface area contributed by atoms with Crippen molar-refractivity contribution >= 4 is 22.7 Å². The Balaban J connectivity index is 1.58. The van der Waals surface area contributed by atoms with Crippen LogP contribution in [0.5, 0.6) is 0 Å². The third-order valence-electron chi connectivity index (χ3n) is 4.46. The molecule has 6 nitrogen and oxygen atoms in total. The quantitative estimate of drug-likeness (QED) is 0.857. The number of carbonyl (C=O) groups excluding carboxylic acids is 1. The van der Waals surface area contributed by atoms with Crippen molar-refractivity contribution in [2.24, 2.45) is 5.10 Å². The molecule has 1 aliphatic rings. The average Bonchev–Trinajstić information content (AvgIpc) is 2.90. The number of benzene rings is 1. The van der Waals surface area contributed by atoms with E-state index in [1.54, 1.807) is 0 Å². The zero-order valence-corrected chi connectivity index (χ0v) is 14.5. The first-order valence-electron chi connectivity index (χ1n) is 8.66. The number of aromatic nitrogens is 2. The Morgan fingerprint density at radius 2 is 2.04 bits per heavy atom. The van der Waals surface area contributed by atoms with E-state index in [4.69, 9.17) is 0 Å². The average molecular weight is 327 g/mol. The first-order valence-corrected chi connectivity index (χ1v) is 8.66. The summed E-state index contributed by atoms with van der Waals surface area (Å²) in [6.07, 6.45) is 3.06. The molecule has 24 heavy (non-hydrogen) atoms. The molecule has 1 amide bonds. The van der Waals surface area contributed by atoms with Gasteiger partial charge in [0.05, 0.1) is 11.0 Å². The molecule has 1 fully saturated rings. The van der Waals surface area contributed by atoms with Crippen LogP contribution in [0.15, 0.2) is 29.4 Å². The number of hydrogen-bond acceptors (Lipinski definition) is 4. The van der Waals surface area contributed by atoms with Gasteiger partial charge in [0, 0.05) is 31.6 Å². The molecule has 6 heteroatoms. The van der Waals surface area contributed by atoms with Crippen LogP contribution in [-0.2, 0) is 11.3 Å². The van der Waals surface area contributed by atoms with Crippen LogP contribution < -0.4 is 5.43 Å². The molecule has 0 atom stereocenters. The second-order valence-electron chi connectivity index (χ2n) is 6.29. The predicted molar refractivity (Wildman–Crippen MR) is 96.0 cm³/mol. The fourth-order valence-electron chi connectivity index (χ4n) is 3.18. The number of nitrogens with zero attached hydrogens (tertiary/aromatic N) is 4. The van der Waals surface area contributed by atoms with Gasteiger partial charge in [-0.1, -0.05) is 19.1 Å². The highest BCUT2D eigenvalue weighted by Gasteiger charge is 2.15.